The maximum Gasteiger partial charge on any atom is 0.303 e. The molecule has 3 aromatic rings. The molecule has 4 N–H and O–H groups in total. The highest BCUT2D eigenvalue weighted by molar-refractivity contribution is 8.18. The first-order valence-corrected chi connectivity index (χ1v) is 10.3. The normalized spacial score (nSPS) is 16.3. The lowest BCUT2D eigenvalue weighted by Gasteiger charge is -1.98. The Kier molecular flexibility index (Phi) is 5.59. The fourth-order valence-electron chi connectivity index (χ4n) is 2.54. The van der Waals surface area contributed by atoms with Crippen LogP contribution in [0.25, 0.3) is 17.0 Å². The largest absolute Gasteiger partial charge is 0.481 e. The number of amides is 2. The van der Waals surface area contributed by atoms with Crippen molar-refractivity contribution in [3.8, 4) is 0 Å². The zero-order valence-electron chi connectivity index (χ0n) is 15.2. The number of H-pyrrole nitrogens is 1. The molecule has 152 valence electrons. The SMILES string of the molecule is O=C(O)CCC(=O)Nc1ncc(/C=C2\SC(=Nc3ccc4[nH]ncc4c3)NC2=O)s1. The fourth-order valence-corrected chi connectivity index (χ4v) is 4.22. The van der Waals surface area contributed by atoms with Crippen molar-refractivity contribution in [1.29, 1.82) is 0 Å². The van der Waals surface area contributed by atoms with Crippen LogP contribution in [0.3, 0.4) is 0 Å². The number of nitrogens with zero attached hydrogens (tertiary/aromatic N) is 3. The van der Waals surface area contributed by atoms with Gasteiger partial charge in [-0.2, -0.15) is 5.10 Å². The number of carboxylic acid groups (broad SMARTS) is 1. The van der Waals surface area contributed by atoms with E-state index >= 15 is 0 Å². The van der Waals surface area contributed by atoms with Crippen LogP contribution in [0, 0.1) is 0 Å². The van der Waals surface area contributed by atoms with Gasteiger partial charge in [0.2, 0.25) is 5.91 Å². The molecule has 2 amide bonds. The highest BCUT2D eigenvalue weighted by Crippen LogP contribution is 2.30. The molecule has 4 rings (SSSR count). The number of amidine groups is 1. The van der Waals surface area contributed by atoms with E-state index in [0.29, 0.717) is 25.8 Å². The number of aromatic nitrogens is 3. The van der Waals surface area contributed by atoms with Gasteiger partial charge in [-0.15, -0.1) is 0 Å². The minimum atomic E-state index is -1.04. The second kappa shape index (κ2) is 8.47. The summed E-state index contributed by atoms with van der Waals surface area (Å²) in [6, 6.07) is 5.55. The first kappa shape index (κ1) is 19.8. The van der Waals surface area contributed by atoms with Crippen molar-refractivity contribution in [1.82, 2.24) is 20.5 Å². The van der Waals surface area contributed by atoms with Gasteiger partial charge in [0.1, 0.15) is 0 Å². The van der Waals surface area contributed by atoms with E-state index in [1.165, 1.54) is 29.3 Å². The number of thiazole rings is 1. The van der Waals surface area contributed by atoms with Crippen molar-refractivity contribution in [2.75, 3.05) is 5.32 Å². The summed E-state index contributed by atoms with van der Waals surface area (Å²) in [7, 11) is 0. The number of aliphatic imine (C=N–C) groups is 1. The molecule has 1 saturated heterocycles. The Bertz CT molecular complexity index is 1210. The number of aliphatic carboxylic acids is 1. The molecule has 0 unspecified atom stereocenters. The van der Waals surface area contributed by atoms with Gasteiger partial charge in [0, 0.05) is 18.0 Å². The molecule has 1 aliphatic rings. The van der Waals surface area contributed by atoms with Crippen LogP contribution in [-0.2, 0) is 14.4 Å². The van der Waals surface area contributed by atoms with E-state index in [1.807, 2.05) is 18.2 Å². The monoisotopic (exact) mass is 442 g/mol. The summed E-state index contributed by atoms with van der Waals surface area (Å²) < 4.78 is 0. The molecular weight excluding hydrogens is 428 g/mol. The average Bonchev–Trinajstić information content (AvgIpc) is 3.41. The Hall–Kier alpha value is -3.51. The number of hydrogen-bond donors (Lipinski definition) is 4. The first-order chi connectivity index (χ1) is 14.5. The lowest BCUT2D eigenvalue weighted by molar-refractivity contribution is -0.138. The van der Waals surface area contributed by atoms with Crippen LogP contribution >= 0.6 is 23.1 Å². The summed E-state index contributed by atoms with van der Waals surface area (Å²) in [6.45, 7) is 0. The van der Waals surface area contributed by atoms with Gasteiger partial charge in [0.05, 0.1) is 33.6 Å². The van der Waals surface area contributed by atoms with Gasteiger partial charge >= 0.3 is 5.97 Å². The van der Waals surface area contributed by atoms with E-state index in [9.17, 15) is 14.4 Å². The molecule has 0 bridgehead atoms. The molecule has 1 fully saturated rings. The summed E-state index contributed by atoms with van der Waals surface area (Å²) >= 11 is 2.39. The molecule has 30 heavy (non-hydrogen) atoms. The number of hydrogen-bond acceptors (Lipinski definition) is 8. The molecular formula is C18H14N6O4S2. The van der Waals surface area contributed by atoms with E-state index in [1.54, 1.807) is 12.3 Å². The van der Waals surface area contributed by atoms with Crippen molar-refractivity contribution < 1.29 is 19.5 Å². The molecule has 0 saturated carbocycles. The molecule has 10 nitrogen and oxygen atoms in total. The second-order valence-electron chi connectivity index (χ2n) is 6.13. The van der Waals surface area contributed by atoms with Gasteiger partial charge in [0.15, 0.2) is 10.3 Å². The van der Waals surface area contributed by atoms with Crippen LogP contribution in [0.15, 0.2) is 40.5 Å². The Morgan fingerprint density at radius 1 is 1.27 bits per heavy atom. The number of carbonyl (C=O) groups excluding carboxylic acids is 2. The predicted octanol–water partition coefficient (Wildman–Crippen LogP) is 2.71. The number of carbonyl (C=O) groups is 3. The van der Waals surface area contributed by atoms with E-state index in [0.717, 1.165) is 10.9 Å². The summed E-state index contributed by atoms with van der Waals surface area (Å²) in [6.07, 6.45) is 4.51. The van der Waals surface area contributed by atoms with Crippen LogP contribution in [0.2, 0.25) is 0 Å². The molecule has 1 aromatic carbocycles. The number of thioether (sulfide) groups is 1. The summed E-state index contributed by atoms with van der Waals surface area (Å²) in [4.78, 5) is 44.1. The number of benzene rings is 1. The van der Waals surface area contributed by atoms with Crippen molar-refractivity contribution in [3.05, 3.63) is 40.4 Å². The first-order valence-electron chi connectivity index (χ1n) is 8.66. The lowest BCUT2D eigenvalue weighted by Crippen LogP contribution is -2.19. The Morgan fingerprint density at radius 3 is 2.97 bits per heavy atom. The molecule has 12 heteroatoms. The molecule has 0 aliphatic carbocycles. The fraction of sp³-hybridized carbons (Fsp3) is 0.111. The minimum Gasteiger partial charge on any atom is -0.481 e. The van der Waals surface area contributed by atoms with Gasteiger partial charge in [0.25, 0.3) is 5.91 Å². The zero-order chi connectivity index (χ0) is 21.1. The third-order valence-electron chi connectivity index (χ3n) is 3.91. The highest BCUT2D eigenvalue weighted by atomic mass is 32.2. The Labute approximate surface area is 177 Å². The molecule has 1 aliphatic heterocycles. The maximum absolute atomic E-state index is 12.2. The van der Waals surface area contributed by atoms with Crippen molar-refractivity contribution in [3.63, 3.8) is 0 Å². The Balaban J connectivity index is 1.43. The summed E-state index contributed by atoms with van der Waals surface area (Å²) in [5.74, 6) is -1.74. The molecule has 0 atom stereocenters. The van der Waals surface area contributed by atoms with Crippen LogP contribution in [-0.4, -0.2) is 43.2 Å². The smallest absolute Gasteiger partial charge is 0.303 e. The molecule has 3 heterocycles. The van der Waals surface area contributed by atoms with Crippen molar-refractivity contribution in [2.45, 2.75) is 12.8 Å². The van der Waals surface area contributed by atoms with Gasteiger partial charge < -0.3 is 15.7 Å². The standard InChI is InChI=1S/C18H14N6O4S2/c25-14(3-4-15(26)27)22-17-19-8-11(29-17)6-13-16(28)23-18(30-13)21-10-1-2-12-9(5-10)7-20-24-12/h1-2,5-8H,3-4H2,(H,20,24)(H,26,27)(H,19,22,25)(H,21,23,28)/b13-6-. The van der Waals surface area contributed by atoms with Gasteiger partial charge in [-0.3, -0.25) is 19.5 Å². The molecule has 0 radical (unpaired) electrons. The zero-order valence-corrected chi connectivity index (χ0v) is 16.8. The average molecular weight is 442 g/mol. The van der Waals surface area contributed by atoms with Crippen LogP contribution in [0.5, 0.6) is 0 Å². The quantitative estimate of drug-likeness (QED) is 0.429. The summed E-state index contributed by atoms with van der Waals surface area (Å²) in [5, 5.41) is 22.4. The van der Waals surface area contributed by atoms with Crippen LogP contribution < -0.4 is 10.6 Å². The number of aromatic amines is 1. The Morgan fingerprint density at radius 2 is 2.13 bits per heavy atom. The van der Waals surface area contributed by atoms with Crippen LogP contribution in [0.4, 0.5) is 10.8 Å². The summed E-state index contributed by atoms with van der Waals surface area (Å²) in [5.41, 5.74) is 1.59. The van der Waals surface area contributed by atoms with Gasteiger partial charge in [-0.25, -0.2) is 9.98 Å². The number of anilines is 1. The number of carboxylic acids is 1. The molecule has 2 aromatic heterocycles. The van der Waals surface area contributed by atoms with Crippen molar-refractivity contribution in [2.24, 2.45) is 4.99 Å². The molecule has 0 spiro atoms. The van der Waals surface area contributed by atoms with Gasteiger partial charge in [-0.1, -0.05) is 11.3 Å². The van der Waals surface area contributed by atoms with Crippen LogP contribution in [0.1, 0.15) is 17.7 Å². The van der Waals surface area contributed by atoms with E-state index < -0.39 is 11.9 Å². The van der Waals surface area contributed by atoms with Crippen molar-refractivity contribution >= 4 is 73.8 Å². The van der Waals surface area contributed by atoms with E-state index in [-0.39, 0.29) is 18.7 Å². The lowest BCUT2D eigenvalue weighted by atomic mass is 10.2. The number of rotatable bonds is 6. The minimum absolute atomic E-state index is 0.131. The number of nitrogens with one attached hydrogen (secondary N) is 3. The topological polar surface area (TPSA) is 149 Å². The highest BCUT2D eigenvalue weighted by Gasteiger charge is 2.24. The third-order valence-corrected chi connectivity index (χ3v) is 5.68. The number of fused-ring (bicyclic) bond motifs is 1. The maximum atomic E-state index is 12.2. The second-order valence-corrected chi connectivity index (χ2v) is 8.23. The predicted molar refractivity (Wildman–Crippen MR) is 115 cm³/mol. The van der Waals surface area contributed by atoms with E-state index in [2.05, 4.69) is 30.8 Å². The van der Waals surface area contributed by atoms with E-state index in [4.69, 9.17) is 5.11 Å². The van der Waals surface area contributed by atoms with Gasteiger partial charge in [-0.05, 0) is 36.0 Å². The third kappa shape index (κ3) is 4.72.